The van der Waals surface area contributed by atoms with Gasteiger partial charge in [-0.1, -0.05) is 6.42 Å². The molecule has 4 rings (SSSR count). The van der Waals surface area contributed by atoms with Gasteiger partial charge in [-0.2, -0.15) is 0 Å². The first-order valence-electron chi connectivity index (χ1n) is 9.09. The molecule has 5 heteroatoms. The average molecular weight is 337 g/mol. The molecule has 0 amide bonds. The normalized spacial score (nSPS) is 32.0. The smallest absolute Gasteiger partial charge is 0.0898 e. The lowest BCUT2D eigenvalue weighted by Gasteiger charge is -2.44. The first-order chi connectivity index (χ1) is 11.2. The molecule has 2 saturated carbocycles. The van der Waals surface area contributed by atoms with Gasteiger partial charge in [0.05, 0.1) is 36.1 Å². The molecule has 1 saturated heterocycles. The summed E-state index contributed by atoms with van der Waals surface area (Å²) in [4.78, 5) is 7.14. The highest BCUT2D eigenvalue weighted by Gasteiger charge is 2.47. The van der Waals surface area contributed by atoms with Crippen molar-refractivity contribution in [3.05, 3.63) is 16.1 Å². The van der Waals surface area contributed by atoms with E-state index in [0.29, 0.717) is 12.5 Å². The fraction of sp³-hybridized carbons (Fsp3) is 0.833. The summed E-state index contributed by atoms with van der Waals surface area (Å²) < 4.78 is 12.4. The number of thiazole rings is 1. The number of aryl methyl sites for hydroxylation is 1. The van der Waals surface area contributed by atoms with E-state index in [1.165, 1.54) is 38.6 Å². The maximum absolute atomic E-state index is 6.34. The van der Waals surface area contributed by atoms with E-state index >= 15 is 0 Å². The quantitative estimate of drug-likeness (QED) is 0.799. The molecule has 3 aliphatic rings. The van der Waals surface area contributed by atoms with Crippen LogP contribution in [0, 0.1) is 18.8 Å². The van der Waals surface area contributed by atoms with Crippen LogP contribution in [0.4, 0.5) is 0 Å². The van der Waals surface area contributed by atoms with Gasteiger partial charge in [0, 0.05) is 30.9 Å². The van der Waals surface area contributed by atoms with Gasteiger partial charge in [0.2, 0.25) is 0 Å². The molecule has 2 aliphatic carbocycles. The van der Waals surface area contributed by atoms with E-state index in [0.717, 1.165) is 42.9 Å². The minimum Gasteiger partial charge on any atom is -0.375 e. The van der Waals surface area contributed by atoms with Crippen molar-refractivity contribution in [3.8, 4) is 0 Å². The number of rotatable bonds is 6. The van der Waals surface area contributed by atoms with Crippen LogP contribution < -0.4 is 0 Å². The number of hydrogen-bond acceptors (Lipinski definition) is 5. The molecular formula is C18H28N2O2S. The second-order valence-corrected chi connectivity index (χ2v) is 8.62. The van der Waals surface area contributed by atoms with Gasteiger partial charge in [0.25, 0.3) is 0 Å². The molecule has 1 aliphatic heterocycles. The number of aromatic nitrogens is 1. The fourth-order valence-electron chi connectivity index (χ4n) is 4.23. The van der Waals surface area contributed by atoms with E-state index in [4.69, 9.17) is 9.47 Å². The van der Waals surface area contributed by atoms with E-state index in [9.17, 15) is 0 Å². The first-order valence-corrected chi connectivity index (χ1v) is 9.96. The number of nitrogens with zero attached hydrogens (tertiary/aromatic N) is 2. The van der Waals surface area contributed by atoms with Gasteiger partial charge in [-0.05, 0) is 38.5 Å². The van der Waals surface area contributed by atoms with Crippen LogP contribution >= 0.6 is 11.3 Å². The summed E-state index contributed by atoms with van der Waals surface area (Å²) in [5.74, 6) is 1.51. The number of hydrogen-bond donors (Lipinski definition) is 0. The molecule has 0 bridgehead atoms. The number of ether oxygens (including phenoxy) is 2. The minimum absolute atomic E-state index is 0.0606. The van der Waals surface area contributed by atoms with Gasteiger partial charge < -0.3 is 9.47 Å². The standard InChI is InChI=1S/C18H28N2O2S/c1-14-19-17(12-23-14)11-21-10-16-3-2-6-18(16)13-20(7-8-22-18)9-15-4-5-15/h12,15-16H,2-11,13H2,1H3/t16-,18+/m1/s1. The molecule has 3 fully saturated rings. The highest BCUT2D eigenvalue weighted by molar-refractivity contribution is 7.09. The summed E-state index contributed by atoms with van der Waals surface area (Å²) in [6.45, 7) is 7.92. The Balaban J connectivity index is 1.31. The zero-order valence-corrected chi connectivity index (χ0v) is 14.9. The van der Waals surface area contributed by atoms with Crippen molar-refractivity contribution in [2.75, 3.05) is 32.8 Å². The van der Waals surface area contributed by atoms with Crippen LogP contribution in [0.5, 0.6) is 0 Å². The van der Waals surface area contributed by atoms with Crippen LogP contribution in [0.3, 0.4) is 0 Å². The van der Waals surface area contributed by atoms with Crippen molar-refractivity contribution in [1.29, 1.82) is 0 Å². The Morgan fingerprint density at radius 2 is 2.35 bits per heavy atom. The molecule has 0 aromatic carbocycles. The summed E-state index contributed by atoms with van der Waals surface area (Å²) in [6.07, 6.45) is 6.60. The second-order valence-electron chi connectivity index (χ2n) is 7.55. The summed E-state index contributed by atoms with van der Waals surface area (Å²) in [6, 6.07) is 0. The SMILES string of the molecule is Cc1nc(COC[C@H]2CCC[C@]23CN(CC2CC2)CCO3)cs1. The Hall–Kier alpha value is -0.490. The third-order valence-corrected chi connectivity index (χ3v) is 6.46. The Bertz CT molecular complexity index is 531. The highest BCUT2D eigenvalue weighted by Crippen LogP contribution is 2.42. The summed E-state index contributed by atoms with van der Waals surface area (Å²) >= 11 is 1.70. The molecule has 0 N–H and O–H groups in total. The van der Waals surface area contributed by atoms with Crippen LogP contribution in [0.1, 0.15) is 42.8 Å². The zero-order valence-electron chi connectivity index (χ0n) is 14.1. The maximum atomic E-state index is 6.34. The zero-order chi connectivity index (χ0) is 15.7. The minimum atomic E-state index is 0.0606. The van der Waals surface area contributed by atoms with Crippen LogP contribution in [0.15, 0.2) is 5.38 Å². The van der Waals surface area contributed by atoms with Gasteiger partial charge >= 0.3 is 0 Å². The Labute approximate surface area is 143 Å². The molecule has 23 heavy (non-hydrogen) atoms. The molecule has 0 unspecified atom stereocenters. The van der Waals surface area contributed by atoms with Crippen LogP contribution in [-0.2, 0) is 16.1 Å². The predicted molar refractivity (Wildman–Crippen MR) is 91.7 cm³/mol. The van der Waals surface area contributed by atoms with Gasteiger partial charge in [0.15, 0.2) is 0 Å². The summed E-state index contributed by atoms with van der Waals surface area (Å²) in [5, 5.41) is 3.22. The molecule has 1 aromatic heterocycles. The molecule has 0 radical (unpaired) electrons. The summed E-state index contributed by atoms with van der Waals surface area (Å²) in [5.41, 5.74) is 1.13. The third kappa shape index (κ3) is 3.78. The van der Waals surface area contributed by atoms with Gasteiger partial charge in [-0.3, -0.25) is 4.90 Å². The molecule has 4 nitrogen and oxygen atoms in total. The van der Waals surface area contributed by atoms with Crippen molar-refractivity contribution in [3.63, 3.8) is 0 Å². The lowest BCUT2D eigenvalue weighted by atomic mass is 9.89. The maximum Gasteiger partial charge on any atom is 0.0898 e. The third-order valence-electron chi connectivity index (χ3n) is 5.63. The molecular weight excluding hydrogens is 308 g/mol. The molecule has 128 valence electrons. The lowest BCUT2D eigenvalue weighted by Crippen LogP contribution is -2.55. The first kappa shape index (κ1) is 16.0. The average Bonchev–Trinajstić information content (AvgIpc) is 3.13. The van der Waals surface area contributed by atoms with E-state index in [2.05, 4.69) is 15.3 Å². The van der Waals surface area contributed by atoms with Crippen molar-refractivity contribution >= 4 is 11.3 Å². The highest BCUT2D eigenvalue weighted by atomic mass is 32.1. The van der Waals surface area contributed by atoms with E-state index in [-0.39, 0.29) is 5.60 Å². The molecule has 2 heterocycles. The van der Waals surface area contributed by atoms with Crippen molar-refractivity contribution in [2.24, 2.45) is 11.8 Å². The van der Waals surface area contributed by atoms with Gasteiger partial charge in [-0.15, -0.1) is 11.3 Å². The lowest BCUT2D eigenvalue weighted by molar-refractivity contribution is -0.143. The Kier molecular flexibility index (Phi) is 4.72. The van der Waals surface area contributed by atoms with Crippen molar-refractivity contribution < 1.29 is 9.47 Å². The van der Waals surface area contributed by atoms with E-state index in [1.54, 1.807) is 11.3 Å². The topological polar surface area (TPSA) is 34.6 Å². The van der Waals surface area contributed by atoms with Crippen LogP contribution in [-0.4, -0.2) is 48.3 Å². The number of morpholine rings is 1. The van der Waals surface area contributed by atoms with E-state index < -0.39 is 0 Å². The molecule has 2 atom stereocenters. The van der Waals surface area contributed by atoms with Gasteiger partial charge in [0.1, 0.15) is 0 Å². The largest absolute Gasteiger partial charge is 0.375 e. The van der Waals surface area contributed by atoms with E-state index in [1.807, 2.05) is 6.92 Å². The van der Waals surface area contributed by atoms with Crippen molar-refractivity contribution in [2.45, 2.75) is 51.2 Å². The Morgan fingerprint density at radius 3 is 3.13 bits per heavy atom. The Morgan fingerprint density at radius 1 is 1.43 bits per heavy atom. The second kappa shape index (κ2) is 6.79. The molecule has 1 aromatic rings. The monoisotopic (exact) mass is 336 g/mol. The molecule has 1 spiro atoms. The van der Waals surface area contributed by atoms with Crippen LogP contribution in [0.2, 0.25) is 0 Å². The fourth-order valence-corrected chi connectivity index (χ4v) is 4.83. The van der Waals surface area contributed by atoms with Gasteiger partial charge in [-0.25, -0.2) is 4.98 Å². The predicted octanol–water partition coefficient (Wildman–Crippen LogP) is 3.25. The van der Waals surface area contributed by atoms with Crippen molar-refractivity contribution in [1.82, 2.24) is 9.88 Å². The van der Waals surface area contributed by atoms with Crippen LogP contribution in [0.25, 0.3) is 0 Å². The summed E-state index contributed by atoms with van der Waals surface area (Å²) in [7, 11) is 0.